The molecule has 2 rings (SSSR count). The Kier molecular flexibility index (Phi) is 3.32. The van der Waals surface area contributed by atoms with E-state index in [1.807, 2.05) is 6.92 Å². The summed E-state index contributed by atoms with van der Waals surface area (Å²) in [4.78, 5) is 3.53. The lowest BCUT2D eigenvalue weighted by Crippen LogP contribution is -2.02. The first-order valence-electron chi connectivity index (χ1n) is 5.25. The number of nitrogens with zero attached hydrogens (tertiary/aromatic N) is 1. The van der Waals surface area contributed by atoms with Crippen LogP contribution in [0.5, 0.6) is 0 Å². The lowest BCUT2D eigenvalue weighted by molar-refractivity contribution is 0.584. The van der Waals surface area contributed by atoms with Gasteiger partial charge < -0.3 is 5.32 Å². The SMILES string of the molecule is Cc1ccc(F)cc1CNc1ccc(F)nc1. The van der Waals surface area contributed by atoms with E-state index in [-0.39, 0.29) is 5.82 Å². The van der Waals surface area contributed by atoms with Gasteiger partial charge >= 0.3 is 0 Å². The fourth-order valence-electron chi connectivity index (χ4n) is 1.51. The van der Waals surface area contributed by atoms with Gasteiger partial charge in [0.2, 0.25) is 5.95 Å². The Morgan fingerprint density at radius 3 is 2.71 bits per heavy atom. The molecule has 4 heteroatoms. The van der Waals surface area contributed by atoms with Crippen LogP contribution in [0, 0.1) is 18.7 Å². The molecule has 0 saturated heterocycles. The Bertz CT molecular complexity index is 509. The van der Waals surface area contributed by atoms with Crippen molar-refractivity contribution in [2.75, 3.05) is 5.32 Å². The number of aryl methyl sites for hydroxylation is 1. The minimum Gasteiger partial charge on any atom is -0.380 e. The zero-order valence-corrected chi connectivity index (χ0v) is 9.37. The van der Waals surface area contributed by atoms with E-state index in [9.17, 15) is 8.78 Å². The van der Waals surface area contributed by atoms with E-state index in [0.29, 0.717) is 12.2 Å². The van der Waals surface area contributed by atoms with Crippen LogP contribution in [0.15, 0.2) is 36.5 Å². The van der Waals surface area contributed by atoms with Gasteiger partial charge in [-0.15, -0.1) is 0 Å². The average molecular weight is 234 g/mol. The van der Waals surface area contributed by atoms with E-state index >= 15 is 0 Å². The summed E-state index contributed by atoms with van der Waals surface area (Å²) in [6, 6.07) is 7.52. The van der Waals surface area contributed by atoms with Crippen molar-refractivity contribution in [3.05, 3.63) is 59.4 Å². The first kappa shape index (κ1) is 11.5. The third-order valence-electron chi connectivity index (χ3n) is 2.52. The summed E-state index contributed by atoms with van der Waals surface area (Å²) >= 11 is 0. The number of aromatic nitrogens is 1. The van der Waals surface area contributed by atoms with Crippen molar-refractivity contribution in [3.8, 4) is 0 Å². The van der Waals surface area contributed by atoms with E-state index in [1.165, 1.54) is 24.4 Å². The van der Waals surface area contributed by atoms with Crippen LogP contribution in [0.2, 0.25) is 0 Å². The number of benzene rings is 1. The van der Waals surface area contributed by atoms with Gasteiger partial charge in [0.25, 0.3) is 0 Å². The molecule has 0 fully saturated rings. The molecule has 1 N–H and O–H groups in total. The van der Waals surface area contributed by atoms with Crippen LogP contribution in [0.1, 0.15) is 11.1 Å². The van der Waals surface area contributed by atoms with Crippen LogP contribution in [0.4, 0.5) is 14.5 Å². The maximum absolute atomic E-state index is 13.0. The quantitative estimate of drug-likeness (QED) is 0.824. The third-order valence-corrected chi connectivity index (χ3v) is 2.52. The maximum Gasteiger partial charge on any atom is 0.212 e. The lowest BCUT2D eigenvalue weighted by Gasteiger charge is -2.08. The Morgan fingerprint density at radius 1 is 1.18 bits per heavy atom. The Labute approximate surface area is 98.3 Å². The highest BCUT2D eigenvalue weighted by Crippen LogP contribution is 2.13. The highest BCUT2D eigenvalue weighted by Gasteiger charge is 2.01. The first-order chi connectivity index (χ1) is 8.15. The topological polar surface area (TPSA) is 24.9 Å². The second kappa shape index (κ2) is 4.91. The molecule has 1 heterocycles. The summed E-state index contributed by atoms with van der Waals surface area (Å²) in [6.45, 7) is 2.40. The molecule has 0 saturated carbocycles. The zero-order chi connectivity index (χ0) is 12.3. The van der Waals surface area contributed by atoms with E-state index in [4.69, 9.17) is 0 Å². The van der Waals surface area contributed by atoms with E-state index in [0.717, 1.165) is 11.1 Å². The molecule has 0 aliphatic heterocycles. The number of hydrogen-bond acceptors (Lipinski definition) is 2. The first-order valence-corrected chi connectivity index (χ1v) is 5.25. The monoisotopic (exact) mass is 234 g/mol. The van der Waals surface area contributed by atoms with Gasteiger partial charge in [0.1, 0.15) is 5.82 Å². The van der Waals surface area contributed by atoms with Crippen molar-refractivity contribution >= 4 is 5.69 Å². The predicted octanol–water partition coefficient (Wildman–Crippen LogP) is 3.28. The van der Waals surface area contributed by atoms with Crippen molar-refractivity contribution < 1.29 is 8.78 Å². The number of hydrogen-bond donors (Lipinski definition) is 1. The normalized spacial score (nSPS) is 10.3. The van der Waals surface area contributed by atoms with E-state index in [1.54, 1.807) is 12.1 Å². The van der Waals surface area contributed by atoms with Gasteiger partial charge in [0.05, 0.1) is 11.9 Å². The molecule has 1 aromatic carbocycles. The summed E-state index contributed by atoms with van der Waals surface area (Å²) in [6.07, 6.45) is 1.41. The molecular weight excluding hydrogens is 222 g/mol. The van der Waals surface area contributed by atoms with Crippen molar-refractivity contribution in [3.63, 3.8) is 0 Å². The molecule has 17 heavy (non-hydrogen) atoms. The summed E-state index contributed by atoms with van der Waals surface area (Å²) in [7, 11) is 0. The van der Waals surface area contributed by atoms with Gasteiger partial charge in [-0.1, -0.05) is 6.07 Å². The second-order valence-corrected chi connectivity index (χ2v) is 3.79. The molecule has 0 amide bonds. The summed E-state index contributed by atoms with van der Waals surface area (Å²) in [5.41, 5.74) is 2.58. The number of anilines is 1. The number of pyridine rings is 1. The molecule has 2 aromatic rings. The van der Waals surface area contributed by atoms with Crippen LogP contribution in [0.25, 0.3) is 0 Å². The Hall–Kier alpha value is -1.97. The third kappa shape index (κ3) is 3.00. The van der Waals surface area contributed by atoms with Crippen molar-refractivity contribution in [1.82, 2.24) is 4.98 Å². The van der Waals surface area contributed by atoms with Crippen LogP contribution >= 0.6 is 0 Å². The van der Waals surface area contributed by atoms with Crippen molar-refractivity contribution in [2.45, 2.75) is 13.5 Å². The van der Waals surface area contributed by atoms with Gasteiger partial charge in [-0.25, -0.2) is 9.37 Å². The molecule has 0 radical (unpaired) electrons. The highest BCUT2D eigenvalue weighted by molar-refractivity contribution is 5.41. The molecule has 0 atom stereocenters. The molecule has 1 aromatic heterocycles. The van der Waals surface area contributed by atoms with Gasteiger partial charge in [0, 0.05) is 6.54 Å². The molecule has 0 bridgehead atoms. The highest BCUT2D eigenvalue weighted by atomic mass is 19.1. The largest absolute Gasteiger partial charge is 0.380 e. The molecule has 0 aliphatic rings. The van der Waals surface area contributed by atoms with Gasteiger partial charge in [-0.05, 0) is 42.3 Å². The Morgan fingerprint density at radius 2 is 2.00 bits per heavy atom. The molecule has 0 aliphatic carbocycles. The molecule has 0 unspecified atom stereocenters. The number of halogens is 2. The maximum atomic E-state index is 13.0. The van der Waals surface area contributed by atoms with Gasteiger partial charge in [-0.2, -0.15) is 4.39 Å². The number of rotatable bonds is 3. The van der Waals surface area contributed by atoms with Crippen LogP contribution in [-0.4, -0.2) is 4.98 Å². The fourth-order valence-corrected chi connectivity index (χ4v) is 1.51. The lowest BCUT2D eigenvalue weighted by atomic mass is 10.1. The standard InChI is InChI=1S/C13H12F2N2/c1-9-2-3-11(14)6-10(9)7-16-12-4-5-13(15)17-8-12/h2-6,8,16H,7H2,1H3. The van der Waals surface area contributed by atoms with Crippen LogP contribution in [0.3, 0.4) is 0 Å². The van der Waals surface area contributed by atoms with Gasteiger partial charge in [-0.3, -0.25) is 0 Å². The second-order valence-electron chi connectivity index (χ2n) is 3.79. The summed E-state index contributed by atoms with van der Waals surface area (Å²) < 4.78 is 25.6. The van der Waals surface area contributed by atoms with Crippen molar-refractivity contribution in [1.29, 1.82) is 0 Å². The molecule has 88 valence electrons. The van der Waals surface area contributed by atoms with Gasteiger partial charge in [0.15, 0.2) is 0 Å². The fraction of sp³-hybridized carbons (Fsp3) is 0.154. The van der Waals surface area contributed by atoms with Crippen molar-refractivity contribution in [2.24, 2.45) is 0 Å². The summed E-state index contributed by atoms with van der Waals surface area (Å²) in [5.74, 6) is -0.776. The predicted molar refractivity (Wildman–Crippen MR) is 62.7 cm³/mol. The molecule has 2 nitrogen and oxygen atoms in total. The molecular formula is C13H12F2N2. The Balaban J connectivity index is 2.07. The minimum absolute atomic E-state index is 0.260. The summed E-state index contributed by atoms with van der Waals surface area (Å²) in [5, 5.41) is 3.06. The van der Waals surface area contributed by atoms with Crippen LogP contribution in [-0.2, 0) is 6.54 Å². The number of nitrogens with one attached hydrogen (secondary N) is 1. The van der Waals surface area contributed by atoms with E-state index in [2.05, 4.69) is 10.3 Å². The van der Waals surface area contributed by atoms with Crippen LogP contribution < -0.4 is 5.32 Å². The zero-order valence-electron chi connectivity index (χ0n) is 9.37. The smallest absolute Gasteiger partial charge is 0.212 e. The molecule has 0 spiro atoms. The average Bonchev–Trinajstić information content (AvgIpc) is 2.32. The van der Waals surface area contributed by atoms with E-state index < -0.39 is 5.95 Å². The minimum atomic E-state index is -0.516.